The van der Waals surface area contributed by atoms with Gasteiger partial charge in [-0.2, -0.15) is 0 Å². The van der Waals surface area contributed by atoms with Crippen molar-refractivity contribution in [2.75, 3.05) is 13.1 Å². The Kier molecular flexibility index (Phi) is 4.78. The van der Waals surface area contributed by atoms with Crippen LogP contribution in [0.2, 0.25) is 0 Å². The molecule has 0 aromatic heterocycles. The molecule has 4 aliphatic rings. The zero-order chi connectivity index (χ0) is 20.0. The van der Waals surface area contributed by atoms with Crippen LogP contribution in [0.5, 0.6) is 5.75 Å². The van der Waals surface area contributed by atoms with Crippen LogP contribution in [0, 0.1) is 0 Å². The number of carbonyl (C=O) groups is 3. The summed E-state index contributed by atoms with van der Waals surface area (Å²) in [6, 6.07) is 5.57. The van der Waals surface area contributed by atoms with Crippen molar-refractivity contribution >= 4 is 17.7 Å². The van der Waals surface area contributed by atoms with Gasteiger partial charge >= 0.3 is 0 Å². The standard InChI is InChI=1S/C22H27N3O4/c26-20-9-8-18(21(27)23-20)25-13-14-12-15(6-7-16(14)22(25)28)29-19-5-3-4-17(19)24-10-1-2-11-24/h6-7,12,17-19H,1-5,8-11,13H2,(H,23,26,27)/t17?,18?,19-/m0/s1. The second kappa shape index (κ2) is 7.44. The molecule has 7 heteroatoms. The smallest absolute Gasteiger partial charge is 0.255 e. The maximum absolute atomic E-state index is 12.8. The van der Waals surface area contributed by atoms with Crippen LogP contribution in [0.1, 0.15) is 60.9 Å². The number of nitrogens with zero attached hydrogens (tertiary/aromatic N) is 2. The summed E-state index contributed by atoms with van der Waals surface area (Å²) in [5.74, 6) is 0.0168. The molecule has 0 bridgehead atoms. The van der Waals surface area contributed by atoms with Crippen LogP contribution in [-0.2, 0) is 16.1 Å². The van der Waals surface area contributed by atoms with E-state index < -0.39 is 6.04 Å². The number of hydrogen-bond donors (Lipinski definition) is 1. The predicted octanol–water partition coefficient (Wildman–Crippen LogP) is 1.84. The molecule has 3 aliphatic heterocycles. The molecule has 1 aromatic rings. The lowest BCUT2D eigenvalue weighted by molar-refractivity contribution is -0.136. The molecule has 1 aromatic carbocycles. The third-order valence-electron chi connectivity index (χ3n) is 6.81. The van der Waals surface area contributed by atoms with E-state index >= 15 is 0 Å². The van der Waals surface area contributed by atoms with Crippen molar-refractivity contribution < 1.29 is 19.1 Å². The molecule has 3 atom stereocenters. The van der Waals surface area contributed by atoms with Crippen LogP contribution < -0.4 is 10.1 Å². The number of piperidine rings is 1. The van der Waals surface area contributed by atoms with Crippen molar-refractivity contribution in [1.29, 1.82) is 0 Å². The number of hydrogen-bond acceptors (Lipinski definition) is 5. The maximum Gasteiger partial charge on any atom is 0.255 e. The molecule has 0 spiro atoms. The second-order valence-corrected chi connectivity index (χ2v) is 8.62. The summed E-state index contributed by atoms with van der Waals surface area (Å²) in [6.07, 6.45) is 6.86. The Balaban J connectivity index is 1.30. The van der Waals surface area contributed by atoms with Crippen molar-refractivity contribution in [3.63, 3.8) is 0 Å². The van der Waals surface area contributed by atoms with Crippen LogP contribution in [0.15, 0.2) is 18.2 Å². The number of benzene rings is 1. The minimum atomic E-state index is -0.577. The monoisotopic (exact) mass is 397 g/mol. The van der Waals surface area contributed by atoms with Gasteiger partial charge in [0.1, 0.15) is 17.9 Å². The molecule has 1 N–H and O–H groups in total. The van der Waals surface area contributed by atoms with E-state index in [4.69, 9.17) is 4.74 Å². The van der Waals surface area contributed by atoms with Gasteiger partial charge in [-0.25, -0.2) is 0 Å². The van der Waals surface area contributed by atoms with E-state index in [1.54, 1.807) is 4.90 Å². The normalized spacial score (nSPS) is 30.0. The third kappa shape index (κ3) is 3.41. The van der Waals surface area contributed by atoms with Gasteiger partial charge in [0.05, 0.1) is 0 Å². The quantitative estimate of drug-likeness (QED) is 0.785. The number of ether oxygens (including phenoxy) is 1. The highest BCUT2D eigenvalue weighted by molar-refractivity contribution is 6.05. The minimum absolute atomic E-state index is 0.142. The number of imide groups is 1. The van der Waals surface area contributed by atoms with Gasteiger partial charge in [0.2, 0.25) is 11.8 Å². The Labute approximate surface area is 170 Å². The number of amides is 3. The van der Waals surface area contributed by atoms with E-state index in [9.17, 15) is 14.4 Å². The molecule has 7 nitrogen and oxygen atoms in total. The Morgan fingerprint density at radius 3 is 2.62 bits per heavy atom. The summed E-state index contributed by atoms with van der Waals surface area (Å²) in [5.41, 5.74) is 1.53. The van der Waals surface area contributed by atoms with Crippen molar-refractivity contribution in [2.24, 2.45) is 0 Å². The Morgan fingerprint density at radius 2 is 1.83 bits per heavy atom. The van der Waals surface area contributed by atoms with Crippen molar-refractivity contribution in [1.82, 2.24) is 15.1 Å². The molecule has 3 fully saturated rings. The zero-order valence-corrected chi connectivity index (χ0v) is 16.6. The van der Waals surface area contributed by atoms with E-state index in [1.807, 2.05) is 18.2 Å². The zero-order valence-electron chi connectivity index (χ0n) is 16.6. The molecule has 2 unspecified atom stereocenters. The average Bonchev–Trinajstić information content (AvgIpc) is 3.43. The van der Waals surface area contributed by atoms with Gasteiger partial charge in [-0.3, -0.25) is 24.6 Å². The SMILES string of the molecule is O=C1CCC(N2Cc3cc(O[C@H]4CCCC4N4CCCC4)ccc3C2=O)C(=O)N1. The van der Waals surface area contributed by atoms with Crippen LogP contribution in [0.3, 0.4) is 0 Å². The minimum Gasteiger partial charge on any atom is -0.489 e. The van der Waals surface area contributed by atoms with E-state index in [0.717, 1.165) is 17.7 Å². The fraction of sp³-hybridized carbons (Fsp3) is 0.591. The maximum atomic E-state index is 12.8. The number of rotatable bonds is 4. The second-order valence-electron chi connectivity index (χ2n) is 8.62. The molecule has 1 saturated carbocycles. The highest BCUT2D eigenvalue weighted by Gasteiger charge is 2.39. The van der Waals surface area contributed by atoms with Crippen LogP contribution in [-0.4, -0.2) is 58.8 Å². The first-order valence-corrected chi connectivity index (χ1v) is 10.8. The first-order valence-electron chi connectivity index (χ1n) is 10.8. The van der Waals surface area contributed by atoms with Gasteiger partial charge in [-0.05, 0) is 75.4 Å². The van der Waals surface area contributed by atoms with Gasteiger partial charge in [0.15, 0.2) is 0 Å². The summed E-state index contributed by atoms with van der Waals surface area (Å²) >= 11 is 0. The summed E-state index contributed by atoms with van der Waals surface area (Å²) in [7, 11) is 0. The molecule has 3 heterocycles. The highest BCUT2D eigenvalue weighted by atomic mass is 16.5. The predicted molar refractivity (Wildman–Crippen MR) is 105 cm³/mol. The van der Waals surface area contributed by atoms with Crippen LogP contribution in [0.4, 0.5) is 0 Å². The Hall–Kier alpha value is -2.41. The van der Waals surface area contributed by atoms with Crippen LogP contribution >= 0.6 is 0 Å². The molecule has 1 aliphatic carbocycles. The molecular weight excluding hydrogens is 370 g/mol. The molecule has 5 rings (SSSR count). The molecular formula is C22H27N3O4. The summed E-state index contributed by atoms with van der Waals surface area (Å²) < 4.78 is 6.38. The number of likely N-dealkylation sites (tertiary alicyclic amines) is 1. The van der Waals surface area contributed by atoms with Crippen molar-refractivity contribution in [2.45, 2.75) is 69.7 Å². The van der Waals surface area contributed by atoms with E-state index in [2.05, 4.69) is 10.2 Å². The Morgan fingerprint density at radius 1 is 1.00 bits per heavy atom. The highest BCUT2D eigenvalue weighted by Crippen LogP contribution is 2.34. The van der Waals surface area contributed by atoms with Crippen molar-refractivity contribution in [3.05, 3.63) is 29.3 Å². The molecule has 154 valence electrons. The number of carbonyl (C=O) groups excluding carboxylic acids is 3. The molecule has 3 amide bonds. The molecule has 29 heavy (non-hydrogen) atoms. The molecule has 2 saturated heterocycles. The number of fused-ring (bicyclic) bond motifs is 1. The number of nitrogens with one attached hydrogen (secondary N) is 1. The van der Waals surface area contributed by atoms with Gasteiger partial charge in [-0.1, -0.05) is 0 Å². The van der Waals surface area contributed by atoms with Gasteiger partial charge in [0.25, 0.3) is 5.91 Å². The lowest BCUT2D eigenvalue weighted by atomic mass is 10.0. The first kappa shape index (κ1) is 18.6. The average molecular weight is 397 g/mol. The van der Waals surface area contributed by atoms with Gasteiger partial charge in [-0.15, -0.1) is 0 Å². The van der Waals surface area contributed by atoms with Gasteiger partial charge < -0.3 is 9.64 Å². The fourth-order valence-corrected chi connectivity index (χ4v) is 5.33. The summed E-state index contributed by atoms with van der Waals surface area (Å²) in [6.45, 7) is 2.73. The van der Waals surface area contributed by atoms with E-state index in [-0.39, 0.29) is 30.2 Å². The van der Waals surface area contributed by atoms with E-state index in [1.165, 1.54) is 38.8 Å². The largest absolute Gasteiger partial charge is 0.489 e. The summed E-state index contributed by atoms with van der Waals surface area (Å²) in [5, 5.41) is 2.34. The van der Waals surface area contributed by atoms with Crippen LogP contribution in [0.25, 0.3) is 0 Å². The fourth-order valence-electron chi connectivity index (χ4n) is 5.33. The van der Waals surface area contributed by atoms with Gasteiger partial charge in [0, 0.05) is 24.6 Å². The first-order chi connectivity index (χ1) is 14.1. The summed E-state index contributed by atoms with van der Waals surface area (Å²) in [4.78, 5) is 40.6. The lowest BCUT2D eigenvalue weighted by Crippen LogP contribution is -2.52. The molecule has 0 radical (unpaired) electrons. The Bertz CT molecular complexity index is 848. The topological polar surface area (TPSA) is 79.0 Å². The van der Waals surface area contributed by atoms with Crippen molar-refractivity contribution in [3.8, 4) is 5.75 Å². The van der Waals surface area contributed by atoms with E-state index in [0.29, 0.717) is 24.6 Å². The lowest BCUT2D eigenvalue weighted by Gasteiger charge is -2.29. The third-order valence-corrected chi connectivity index (χ3v) is 6.81.